The molecule has 0 radical (unpaired) electrons. The molecule has 9 heteroatoms. The van der Waals surface area contributed by atoms with Crippen LogP contribution in [-0.4, -0.2) is 23.1 Å². The molecule has 1 aromatic carbocycles. The summed E-state index contributed by atoms with van der Waals surface area (Å²) in [6, 6.07) is 6.98. The molecule has 6 nitrogen and oxygen atoms in total. The fourth-order valence-electron chi connectivity index (χ4n) is 1.97. The molecule has 23 heavy (non-hydrogen) atoms. The van der Waals surface area contributed by atoms with Crippen molar-refractivity contribution in [3.8, 4) is 0 Å². The SMILES string of the molecule is NOCCCN(N)c1nc(Cl)cc(Cc2c(Cl)cccc2Cl)n1. The highest BCUT2D eigenvalue weighted by Gasteiger charge is 2.12. The Morgan fingerprint density at radius 1 is 1.13 bits per heavy atom. The number of benzene rings is 1. The summed E-state index contributed by atoms with van der Waals surface area (Å²) < 4.78 is 0. The second kappa shape index (κ2) is 8.63. The van der Waals surface area contributed by atoms with Gasteiger partial charge in [-0.05, 0) is 30.2 Å². The van der Waals surface area contributed by atoms with E-state index >= 15 is 0 Å². The van der Waals surface area contributed by atoms with E-state index in [1.807, 2.05) is 0 Å². The summed E-state index contributed by atoms with van der Waals surface area (Å²) in [4.78, 5) is 13.0. The molecule has 0 aliphatic heterocycles. The van der Waals surface area contributed by atoms with E-state index in [4.69, 9.17) is 46.5 Å². The number of hydrogen-bond acceptors (Lipinski definition) is 6. The second-order valence-corrected chi connectivity index (χ2v) is 5.98. The van der Waals surface area contributed by atoms with Crippen molar-refractivity contribution in [3.05, 3.63) is 50.7 Å². The number of anilines is 1. The van der Waals surface area contributed by atoms with E-state index in [-0.39, 0.29) is 0 Å². The Balaban J connectivity index is 2.20. The van der Waals surface area contributed by atoms with Crippen molar-refractivity contribution in [2.75, 3.05) is 18.2 Å². The Hall–Kier alpha value is -1.15. The average molecular weight is 377 g/mol. The number of aromatic nitrogens is 2. The Morgan fingerprint density at radius 3 is 2.48 bits per heavy atom. The zero-order chi connectivity index (χ0) is 16.8. The van der Waals surface area contributed by atoms with Crippen molar-refractivity contribution in [3.63, 3.8) is 0 Å². The zero-order valence-corrected chi connectivity index (χ0v) is 14.4. The number of hydrazine groups is 1. The van der Waals surface area contributed by atoms with E-state index in [9.17, 15) is 0 Å². The molecule has 4 N–H and O–H groups in total. The smallest absolute Gasteiger partial charge is 0.241 e. The molecule has 0 amide bonds. The molecule has 124 valence electrons. The lowest BCUT2D eigenvalue weighted by Gasteiger charge is -2.17. The first-order valence-electron chi connectivity index (χ1n) is 6.81. The van der Waals surface area contributed by atoms with E-state index in [1.54, 1.807) is 24.3 Å². The van der Waals surface area contributed by atoms with E-state index in [1.165, 1.54) is 5.01 Å². The summed E-state index contributed by atoms with van der Waals surface area (Å²) in [6.45, 7) is 0.861. The lowest BCUT2D eigenvalue weighted by Crippen LogP contribution is -2.34. The second-order valence-electron chi connectivity index (χ2n) is 4.78. The lowest BCUT2D eigenvalue weighted by molar-refractivity contribution is 0.136. The summed E-state index contributed by atoms with van der Waals surface area (Å²) in [5.41, 5.74) is 1.44. The summed E-state index contributed by atoms with van der Waals surface area (Å²) in [6.07, 6.45) is 1.06. The predicted octanol–water partition coefficient (Wildman–Crippen LogP) is 2.99. The average Bonchev–Trinajstić information content (AvgIpc) is 2.51. The van der Waals surface area contributed by atoms with Gasteiger partial charge in [-0.2, -0.15) is 4.98 Å². The molecule has 0 atom stereocenters. The minimum Gasteiger partial charge on any atom is -0.305 e. The Labute approximate surface area is 149 Å². The third kappa shape index (κ3) is 5.17. The predicted molar refractivity (Wildman–Crippen MR) is 92.6 cm³/mol. The largest absolute Gasteiger partial charge is 0.305 e. The molecule has 1 aromatic heterocycles. The van der Waals surface area contributed by atoms with Crippen LogP contribution in [-0.2, 0) is 11.3 Å². The van der Waals surface area contributed by atoms with E-state index in [2.05, 4.69) is 14.8 Å². The van der Waals surface area contributed by atoms with Crippen LogP contribution in [0.15, 0.2) is 24.3 Å². The summed E-state index contributed by atoms with van der Waals surface area (Å²) in [5.74, 6) is 11.2. The van der Waals surface area contributed by atoms with Crippen LogP contribution in [0.1, 0.15) is 17.7 Å². The lowest BCUT2D eigenvalue weighted by atomic mass is 10.1. The standard InChI is InChI=1S/C14H16Cl3N5O/c15-11-3-1-4-12(16)10(11)7-9-8-13(17)21-14(20-9)22(18)5-2-6-23-19/h1,3-4,8H,2,5-7,18-19H2. The van der Waals surface area contributed by atoms with Gasteiger partial charge in [0.1, 0.15) is 5.15 Å². The molecule has 0 aliphatic carbocycles. The van der Waals surface area contributed by atoms with E-state index in [0.29, 0.717) is 52.8 Å². The molecule has 0 bridgehead atoms. The quantitative estimate of drug-likeness (QED) is 0.334. The van der Waals surface area contributed by atoms with Crippen LogP contribution in [0.5, 0.6) is 0 Å². The third-order valence-corrected chi connectivity index (χ3v) is 3.98. The fourth-order valence-corrected chi connectivity index (χ4v) is 2.70. The van der Waals surface area contributed by atoms with Crippen molar-refractivity contribution in [2.24, 2.45) is 11.7 Å². The first kappa shape index (κ1) is 18.2. The van der Waals surface area contributed by atoms with Crippen LogP contribution in [0.4, 0.5) is 5.95 Å². The van der Waals surface area contributed by atoms with Gasteiger partial charge in [0.15, 0.2) is 0 Å². The van der Waals surface area contributed by atoms with Gasteiger partial charge in [-0.25, -0.2) is 16.7 Å². The molecule has 0 spiro atoms. The number of nitrogens with zero attached hydrogens (tertiary/aromatic N) is 3. The molecule has 2 rings (SSSR count). The molecule has 0 saturated carbocycles. The molecule has 0 fully saturated rings. The number of hydrogen-bond donors (Lipinski definition) is 2. The minimum absolute atomic E-state index is 0.290. The molecule has 0 aliphatic rings. The Morgan fingerprint density at radius 2 is 1.83 bits per heavy atom. The molecule has 0 saturated heterocycles. The topological polar surface area (TPSA) is 90.3 Å². The summed E-state index contributed by atoms with van der Waals surface area (Å²) in [5, 5.41) is 2.82. The van der Waals surface area contributed by atoms with Gasteiger partial charge >= 0.3 is 0 Å². The van der Waals surface area contributed by atoms with Gasteiger partial charge in [0.05, 0.1) is 12.3 Å². The summed E-state index contributed by atoms with van der Waals surface area (Å²) >= 11 is 18.4. The van der Waals surface area contributed by atoms with Crippen molar-refractivity contribution in [1.82, 2.24) is 9.97 Å². The van der Waals surface area contributed by atoms with Gasteiger partial charge in [-0.3, -0.25) is 5.01 Å². The van der Waals surface area contributed by atoms with Gasteiger partial charge in [-0.15, -0.1) is 0 Å². The highest BCUT2D eigenvalue weighted by atomic mass is 35.5. The first-order valence-corrected chi connectivity index (χ1v) is 7.95. The van der Waals surface area contributed by atoms with Crippen molar-refractivity contribution in [2.45, 2.75) is 12.8 Å². The van der Waals surface area contributed by atoms with Crippen molar-refractivity contribution < 1.29 is 4.84 Å². The van der Waals surface area contributed by atoms with Crippen molar-refractivity contribution in [1.29, 1.82) is 0 Å². The maximum atomic E-state index is 6.18. The van der Waals surface area contributed by atoms with Crippen LogP contribution < -0.4 is 16.7 Å². The highest BCUT2D eigenvalue weighted by molar-refractivity contribution is 6.36. The minimum atomic E-state index is 0.290. The van der Waals surface area contributed by atoms with E-state index in [0.717, 1.165) is 5.56 Å². The van der Waals surface area contributed by atoms with Crippen LogP contribution in [0.25, 0.3) is 0 Å². The van der Waals surface area contributed by atoms with Gasteiger partial charge in [0.25, 0.3) is 0 Å². The molecular formula is C14H16Cl3N5O. The molecule has 1 heterocycles. The summed E-state index contributed by atoms with van der Waals surface area (Å²) in [7, 11) is 0. The third-order valence-electron chi connectivity index (χ3n) is 3.07. The number of rotatable bonds is 7. The molecular weight excluding hydrogens is 361 g/mol. The van der Waals surface area contributed by atoms with Crippen LogP contribution >= 0.6 is 34.8 Å². The normalized spacial score (nSPS) is 10.8. The number of halogens is 3. The maximum Gasteiger partial charge on any atom is 0.241 e. The zero-order valence-electron chi connectivity index (χ0n) is 12.2. The van der Waals surface area contributed by atoms with Gasteiger partial charge in [-0.1, -0.05) is 40.9 Å². The fraction of sp³-hybridized carbons (Fsp3) is 0.286. The van der Waals surface area contributed by atoms with Crippen LogP contribution in [0, 0.1) is 0 Å². The van der Waals surface area contributed by atoms with Gasteiger partial charge < -0.3 is 4.84 Å². The van der Waals surface area contributed by atoms with Crippen molar-refractivity contribution >= 4 is 40.8 Å². The Kier molecular flexibility index (Phi) is 6.83. The maximum absolute atomic E-state index is 6.18. The monoisotopic (exact) mass is 375 g/mol. The van der Waals surface area contributed by atoms with Crippen LogP contribution in [0.2, 0.25) is 15.2 Å². The number of nitrogens with two attached hydrogens (primary N) is 2. The van der Waals surface area contributed by atoms with Gasteiger partial charge in [0.2, 0.25) is 5.95 Å². The highest BCUT2D eigenvalue weighted by Crippen LogP contribution is 2.27. The molecule has 2 aromatic rings. The van der Waals surface area contributed by atoms with Crippen LogP contribution in [0.3, 0.4) is 0 Å². The first-order chi connectivity index (χ1) is 11.0. The van der Waals surface area contributed by atoms with Gasteiger partial charge in [0, 0.05) is 23.0 Å². The van der Waals surface area contributed by atoms with E-state index < -0.39 is 0 Å². The molecule has 0 unspecified atom stereocenters. The Bertz CT molecular complexity index is 651.